The number of pyridine rings is 1. The van der Waals surface area contributed by atoms with Crippen LogP contribution in [0.5, 0.6) is 0 Å². The van der Waals surface area contributed by atoms with Gasteiger partial charge in [0.15, 0.2) is 0 Å². The van der Waals surface area contributed by atoms with Crippen molar-refractivity contribution in [2.75, 3.05) is 17.1 Å². The fourth-order valence-electron chi connectivity index (χ4n) is 1.13. The standard InChI is InChI=1S/C8H9N5O2S2/c1-13(6-2-4-10-5-3-6)17(14,15)8-12-11-7(9)16-8/h2-5H,1H3,(H2,9,11). The van der Waals surface area contributed by atoms with Gasteiger partial charge < -0.3 is 5.73 Å². The predicted molar refractivity (Wildman–Crippen MR) is 64.1 cm³/mol. The van der Waals surface area contributed by atoms with Crippen LogP contribution in [-0.4, -0.2) is 30.6 Å². The Morgan fingerprint density at radius 1 is 1.29 bits per heavy atom. The first-order chi connectivity index (χ1) is 8.01. The maximum Gasteiger partial charge on any atom is 0.293 e. The number of aromatic nitrogens is 3. The van der Waals surface area contributed by atoms with Crippen molar-refractivity contribution >= 4 is 32.2 Å². The highest BCUT2D eigenvalue weighted by molar-refractivity contribution is 7.94. The van der Waals surface area contributed by atoms with Crippen LogP contribution < -0.4 is 10.0 Å². The molecule has 0 saturated carbocycles. The van der Waals surface area contributed by atoms with E-state index >= 15 is 0 Å². The van der Waals surface area contributed by atoms with Crippen molar-refractivity contribution in [2.24, 2.45) is 0 Å². The Balaban J connectivity index is 2.40. The van der Waals surface area contributed by atoms with E-state index in [1.54, 1.807) is 12.1 Å². The molecule has 2 heterocycles. The van der Waals surface area contributed by atoms with Gasteiger partial charge in [-0.1, -0.05) is 11.3 Å². The van der Waals surface area contributed by atoms with E-state index in [0.29, 0.717) is 5.69 Å². The second-order valence-corrected chi connectivity index (χ2v) is 6.24. The van der Waals surface area contributed by atoms with Crippen molar-refractivity contribution in [3.63, 3.8) is 0 Å². The first-order valence-electron chi connectivity index (χ1n) is 4.50. The third kappa shape index (κ3) is 2.19. The molecule has 0 fully saturated rings. The van der Waals surface area contributed by atoms with E-state index in [-0.39, 0.29) is 9.47 Å². The molecule has 2 aromatic rings. The molecule has 9 heteroatoms. The highest BCUT2D eigenvalue weighted by Crippen LogP contribution is 2.24. The number of sulfonamides is 1. The number of rotatable bonds is 3. The second-order valence-electron chi connectivity index (χ2n) is 3.08. The van der Waals surface area contributed by atoms with Crippen molar-refractivity contribution in [1.29, 1.82) is 0 Å². The van der Waals surface area contributed by atoms with Crippen molar-refractivity contribution < 1.29 is 8.42 Å². The van der Waals surface area contributed by atoms with Gasteiger partial charge in [0, 0.05) is 19.4 Å². The summed E-state index contributed by atoms with van der Waals surface area (Å²) in [6, 6.07) is 3.17. The molecule has 2 N–H and O–H groups in total. The minimum Gasteiger partial charge on any atom is -0.374 e. The topological polar surface area (TPSA) is 102 Å². The zero-order valence-electron chi connectivity index (χ0n) is 8.81. The number of nitrogen functional groups attached to an aromatic ring is 1. The summed E-state index contributed by atoms with van der Waals surface area (Å²) in [5, 5.41) is 7.14. The van der Waals surface area contributed by atoms with Gasteiger partial charge in [0.1, 0.15) is 0 Å². The van der Waals surface area contributed by atoms with Crippen LogP contribution >= 0.6 is 11.3 Å². The summed E-state index contributed by atoms with van der Waals surface area (Å²) >= 11 is 0.828. The highest BCUT2D eigenvalue weighted by atomic mass is 32.2. The summed E-state index contributed by atoms with van der Waals surface area (Å²) in [6.45, 7) is 0. The lowest BCUT2D eigenvalue weighted by Crippen LogP contribution is -2.26. The van der Waals surface area contributed by atoms with Crippen LogP contribution in [0.2, 0.25) is 0 Å². The third-order valence-corrected chi connectivity index (χ3v) is 4.91. The Morgan fingerprint density at radius 3 is 2.47 bits per heavy atom. The lowest BCUT2D eigenvalue weighted by atomic mass is 10.4. The minimum atomic E-state index is -3.70. The Kier molecular flexibility index (Phi) is 2.94. The van der Waals surface area contributed by atoms with Crippen molar-refractivity contribution in [1.82, 2.24) is 15.2 Å². The van der Waals surface area contributed by atoms with Crippen molar-refractivity contribution in [3.05, 3.63) is 24.5 Å². The van der Waals surface area contributed by atoms with E-state index in [4.69, 9.17) is 5.73 Å². The van der Waals surface area contributed by atoms with Crippen molar-refractivity contribution in [3.8, 4) is 0 Å². The molecule has 2 rings (SSSR count). The molecule has 0 aliphatic rings. The smallest absolute Gasteiger partial charge is 0.293 e. The van der Waals surface area contributed by atoms with E-state index in [1.807, 2.05) is 0 Å². The van der Waals surface area contributed by atoms with Gasteiger partial charge in [-0.3, -0.25) is 9.29 Å². The van der Waals surface area contributed by atoms with Crippen LogP contribution in [0.15, 0.2) is 28.9 Å². The van der Waals surface area contributed by atoms with Crippen LogP contribution in [-0.2, 0) is 10.0 Å². The number of hydrogen-bond acceptors (Lipinski definition) is 7. The van der Waals surface area contributed by atoms with E-state index in [2.05, 4.69) is 15.2 Å². The minimum absolute atomic E-state index is 0.117. The van der Waals surface area contributed by atoms with Crippen LogP contribution in [0, 0.1) is 0 Å². The summed E-state index contributed by atoms with van der Waals surface area (Å²) in [7, 11) is -2.27. The fraction of sp³-hybridized carbons (Fsp3) is 0.125. The van der Waals surface area contributed by atoms with E-state index in [9.17, 15) is 8.42 Å². The number of anilines is 2. The average Bonchev–Trinajstić information content (AvgIpc) is 2.77. The Labute approximate surface area is 102 Å². The molecule has 0 aliphatic heterocycles. The van der Waals surface area contributed by atoms with E-state index in [1.165, 1.54) is 19.4 Å². The zero-order valence-corrected chi connectivity index (χ0v) is 10.4. The molecule has 0 bridgehead atoms. The molecule has 0 atom stereocenters. The monoisotopic (exact) mass is 271 g/mol. The van der Waals surface area contributed by atoms with Gasteiger partial charge in [-0.15, -0.1) is 10.2 Å². The molecule has 0 aliphatic carbocycles. The summed E-state index contributed by atoms with van der Waals surface area (Å²) in [5.41, 5.74) is 5.86. The molecular formula is C8H9N5O2S2. The number of nitrogens with two attached hydrogens (primary N) is 1. The van der Waals surface area contributed by atoms with Gasteiger partial charge in [0.25, 0.3) is 14.4 Å². The van der Waals surface area contributed by atoms with Crippen molar-refractivity contribution in [2.45, 2.75) is 4.34 Å². The molecule has 0 saturated heterocycles. The van der Waals surface area contributed by atoms with Gasteiger partial charge in [-0.05, 0) is 12.1 Å². The second kappa shape index (κ2) is 4.26. The highest BCUT2D eigenvalue weighted by Gasteiger charge is 2.25. The quantitative estimate of drug-likeness (QED) is 0.863. The predicted octanol–water partition coefficient (Wildman–Crippen LogP) is 0.340. The number of hydrogen-bond donors (Lipinski definition) is 1. The van der Waals surface area contributed by atoms with E-state index in [0.717, 1.165) is 15.6 Å². The van der Waals surface area contributed by atoms with Gasteiger partial charge in [-0.2, -0.15) is 8.42 Å². The molecule has 2 aromatic heterocycles. The first-order valence-corrected chi connectivity index (χ1v) is 6.75. The first kappa shape index (κ1) is 11.7. The van der Waals surface area contributed by atoms with Gasteiger partial charge in [-0.25, -0.2) is 0 Å². The maximum atomic E-state index is 12.1. The average molecular weight is 271 g/mol. The molecule has 0 aromatic carbocycles. The summed E-state index contributed by atoms with van der Waals surface area (Å²) in [4.78, 5) is 3.82. The lowest BCUT2D eigenvalue weighted by Gasteiger charge is -2.16. The molecule has 90 valence electrons. The maximum absolute atomic E-state index is 12.1. The molecule has 0 unspecified atom stereocenters. The summed E-state index contributed by atoms with van der Waals surface area (Å²) in [6.07, 6.45) is 3.02. The molecule has 17 heavy (non-hydrogen) atoms. The van der Waals surface area contributed by atoms with Gasteiger partial charge in [0.2, 0.25) is 5.13 Å². The fourth-order valence-corrected chi connectivity index (χ4v) is 3.27. The van der Waals surface area contributed by atoms with Crippen LogP contribution in [0.1, 0.15) is 0 Å². The molecular weight excluding hydrogens is 262 g/mol. The van der Waals surface area contributed by atoms with Crippen LogP contribution in [0.4, 0.5) is 10.8 Å². The SMILES string of the molecule is CN(c1ccncc1)S(=O)(=O)c1nnc(N)s1. The van der Waals surface area contributed by atoms with Gasteiger partial charge in [0.05, 0.1) is 5.69 Å². The molecule has 0 radical (unpaired) electrons. The van der Waals surface area contributed by atoms with Crippen LogP contribution in [0.25, 0.3) is 0 Å². The third-order valence-electron chi connectivity index (χ3n) is 2.03. The summed E-state index contributed by atoms with van der Waals surface area (Å²) < 4.78 is 25.2. The Bertz CT molecular complexity index is 610. The Hall–Kier alpha value is -1.74. The largest absolute Gasteiger partial charge is 0.374 e. The van der Waals surface area contributed by atoms with Gasteiger partial charge >= 0.3 is 0 Å². The lowest BCUT2D eigenvalue weighted by molar-refractivity contribution is 0.592. The number of nitrogens with zero attached hydrogens (tertiary/aromatic N) is 4. The van der Waals surface area contributed by atoms with E-state index < -0.39 is 10.0 Å². The molecule has 0 spiro atoms. The normalized spacial score (nSPS) is 11.4. The van der Waals surface area contributed by atoms with Crippen LogP contribution in [0.3, 0.4) is 0 Å². The molecule has 0 amide bonds. The summed E-state index contributed by atoms with van der Waals surface area (Å²) in [5.74, 6) is 0. The zero-order chi connectivity index (χ0) is 12.5. The molecule has 7 nitrogen and oxygen atoms in total. The Morgan fingerprint density at radius 2 is 1.94 bits per heavy atom.